The van der Waals surface area contributed by atoms with Crippen molar-refractivity contribution in [1.29, 1.82) is 0 Å². The minimum Gasteiger partial charge on any atom is -0.355 e. The molecule has 1 amide bonds. The maximum atomic E-state index is 13.0. The number of alkyl halides is 3. The molecule has 3 heterocycles. The van der Waals surface area contributed by atoms with Gasteiger partial charge in [-0.25, -0.2) is 9.50 Å². The van der Waals surface area contributed by atoms with Crippen LogP contribution in [0.1, 0.15) is 54.0 Å². The summed E-state index contributed by atoms with van der Waals surface area (Å²) in [4.78, 5) is 22.7. The summed E-state index contributed by atoms with van der Waals surface area (Å²) in [5, 5.41) is 6.62. The minimum absolute atomic E-state index is 0.0845. The number of aryl methyl sites for hydroxylation is 2. The van der Waals surface area contributed by atoms with Crippen molar-refractivity contribution in [3.8, 4) is 0 Å². The Bertz CT molecular complexity index is 1150. The van der Waals surface area contributed by atoms with Crippen LogP contribution >= 0.6 is 0 Å². The minimum atomic E-state index is -4.64. The van der Waals surface area contributed by atoms with Crippen molar-refractivity contribution in [3.05, 3.63) is 58.7 Å². The van der Waals surface area contributed by atoms with E-state index in [0.29, 0.717) is 29.9 Å². The number of likely N-dealkylation sites (tertiary alicyclic amines) is 1. The fraction of sp³-hybridized carbons (Fsp3) is 0.500. The van der Waals surface area contributed by atoms with Crippen LogP contribution in [0.2, 0.25) is 0 Å². The molecule has 182 valence electrons. The molecule has 7 nitrogen and oxygen atoms in total. The Morgan fingerprint density at radius 1 is 1.15 bits per heavy atom. The molecule has 1 aliphatic rings. The van der Waals surface area contributed by atoms with Crippen LogP contribution in [0.25, 0.3) is 5.78 Å². The first-order valence-electron chi connectivity index (χ1n) is 11.6. The van der Waals surface area contributed by atoms with E-state index in [2.05, 4.69) is 37.4 Å². The van der Waals surface area contributed by atoms with E-state index in [-0.39, 0.29) is 24.1 Å². The average Bonchev–Trinajstić information content (AvgIpc) is 3.24. The lowest BCUT2D eigenvalue weighted by Gasteiger charge is -2.36. The van der Waals surface area contributed by atoms with E-state index in [1.807, 2.05) is 18.2 Å². The zero-order valence-corrected chi connectivity index (χ0v) is 19.4. The van der Waals surface area contributed by atoms with Gasteiger partial charge in [0.05, 0.1) is 0 Å². The third kappa shape index (κ3) is 5.55. The predicted octanol–water partition coefficient (Wildman–Crippen LogP) is 3.86. The first-order valence-corrected chi connectivity index (χ1v) is 11.6. The smallest absolute Gasteiger partial charge is 0.355 e. The van der Waals surface area contributed by atoms with Crippen LogP contribution < -0.4 is 5.32 Å². The number of amides is 1. The Kier molecular flexibility index (Phi) is 7.16. The van der Waals surface area contributed by atoms with Gasteiger partial charge < -0.3 is 5.32 Å². The molecule has 1 fully saturated rings. The molecule has 0 saturated carbocycles. The molecule has 10 heteroatoms. The molecule has 1 unspecified atom stereocenters. The summed E-state index contributed by atoms with van der Waals surface area (Å²) < 4.78 is 40.0. The third-order valence-corrected chi connectivity index (χ3v) is 6.42. The number of fused-ring (bicyclic) bond motifs is 1. The Hall–Kier alpha value is -3.01. The monoisotopic (exact) mass is 474 g/mol. The van der Waals surface area contributed by atoms with Crippen LogP contribution in [0, 0.1) is 13.8 Å². The van der Waals surface area contributed by atoms with Crippen molar-refractivity contribution in [3.63, 3.8) is 0 Å². The molecule has 1 N–H and O–H groups in total. The van der Waals surface area contributed by atoms with Crippen molar-refractivity contribution < 1.29 is 18.0 Å². The number of benzene rings is 1. The molecule has 1 aromatic carbocycles. The molecule has 34 heavy (non-hydrogen) atoms. The van der Waals surface area contributed by atoms with E-state index in [1.54, 1.807) is 13.8 Å². The van der Waals surface area contributed by atoms with Gasteiger partial charge >= 0.3 is 6.18 Å². The molecule has 0 spiro atoms. The fourth-order valence-electron chi connectivity index (χ4n) is 4.57. The van der Waals surface area contributed by atoms with Gasteiger partial charge in [0.25, 0.3) is 11.6 Å². The van der Waals surface area contributed by atoms with Crippen molar-refractivity contribution >= 4 is 11.7 Å². The van der Waals surface area contributed by atoms with Gasteiger partial charge in [0.2, 0.25) is 5.91 Å². The van der Waals surface area contributed by atoms with Gasteiger partial charge in [-0.05, 0) is 50.8 Å². The highest BCUT2D eigenvalue weighted by Crippen LogP contribution is 2.27. The molecule has 0 aliphatic carbocycles. The van der Waals surface area contributed by atoms with Crippen LogP contribution in [0.5, 0.6) is 0 Å². The maximum Gasteiger partial charge on any atom is 0.453 e. The van der Waals surface area contributed by atoms with Gasteiger partial charge in [-0.15, -0.1) is 5.10 Å². The molecule has 1 aliphatic heterocycles. The Balaban J connectivity index is 1.36. The first-order chi connectivity index (χ1) is 16.2. The number of aromatic nitrogens is 4. The summed E-state index contributed by atoms with van der Waals surface area (Å²) in [6, 6.07) is 10.6. The van der Waals surface area contributed by atoms with Gasteiger partial charge in [0.15, 0.2) is 0 Å². The zero-order chi connectivity index (χ0) is 24.3. The number of nitrogens with one attached hydrogen (secondary N) is 1. The van der Waals surface area contributed by atoms with Gasteiger partial charge in [0.1, 0.15) is 0 Å². The zero-order valence-electron chi connectivity index (χ0n) is 19.4. The van der Waals surface area contributed by atoms with E-state index < -0.39 is 12.0 Å². The SMILES string of the molecule is Cc1nc2nc(C(F)(F)F)nn2c(C)c1CCC(=O)NCC1CCCCN1Cc1ccccc1. The fourth-order valence-corrected chi connectivity index (χ4v) is 4.57. The highest BCUT2D eigenvalue weighted by Gasteiger charge is 2.37. The van der Waals surface area contributed by atoms with Gasteiger partial charge in [-0.2, -0.15) is 18.2 Å². The Morgan fingerprint density at radius 3 is 2.65 bits per heavy atom. The third-order valence-electron chi connectivity index (χ3n) is 6.42. The molecular weight excluding hydrogens is 445 g/mol. The van der Waals surface area contributed by atoms with Crippen LogP contribution in [0.15, 0.2) is 30.3 Å². The lowest BCUT2D eigenvalue weighted by atomic mass is 10.0. The maximum absolute atomic E-state index is 13.0. The quantitative estimate of drug-likeness (QED) is 0.563. The van der Waals surface area contributed by atoms with Crippen LogP contribution in [0.4, 0.5) is 13.2 Å². The van der Waals surface area contributed by atoms with Crippen molar-refractivity contribution in [2.45, 2.75) is 64.7 Å². The number of carbonyl (C=O) groups excluding carboxylic acids is 1. The topological polar surface area (TPSA) is 75.4 Å². The summed E-state index contributed by atoms with van der Waals surface area (Å²) >= 11 is 0. The molecular formula is C24H29F3N6O. The lowest BCUT2D eigenvalue weighted by Crippen LogP contribution is -2.46. The molecule has 0 radical (unpaired) electrons. The summed E-state index contributed by atoms with van der Waals surface area (Å²) in [7, 11) is 0. The normalized spacial score (nSPS) is 17.3. The van der Waals surface area contributed by atoms with E-state index >= 15 is 0 Å². The second-order valence-corrected chi connectivity index (χ2v) is 8.82. The standard InChI is InChI=1S/C24H29F3N6O/c1-16-20(17(2)33-23(29-16)30-22(31-33)24(25,26)27)11-12-21(34)28-14-19-10-6-7-13-32(19)15-18-8-4-3-5-9-18/h3-5,8-9,19H,6-7,10-15H2,1-2H3,(H,28,34). The molecule has 3 aromatic rings. The summed E-state index contributed by atoms with van der Waals surface area (Å²) in [5.41, 5.74) is 3.04. The lowest BCUT2D eigenvalue weighted by molar-refractivity contribution is -0.144. The van der Waals surface area contributed by atoms with Crippen LogP contribution in [-0.2, 0) is 23.9 Å². The van der Waals surface area contributed by atoms with Crippen LogP contribution in [0.3, 0.4) is 0 Å². The number of carbonyl (C=O) groups is 1. The Morgan fingerprint density at radius 2 is 1.91 bits per heavy atom. The second kappa shape index (κ2) is 10.1. The molecule has 0 bridgehead atoms. The number of nitrogens with zero attached hydrogens (tertiary/aromatic N) is 5. The number of piperidine rings is 1. The van der Waals surface area contributed by atoms with Crippen molar-refractivity contribution in [2.24, 2.45) is 0 Å². The average molecular weight is 475 g/mol. The van der Waals surface area contributed by atoms with Gasteiger partial charge in [-0.3, -0.25) is 9.69 Å². The predicted molar refractivity (Wildman–Crippen MR) is 121 cm³/mol. The molecule has 2 aromatic heterocycles. The first kappa shape index (κ1) is 24.1. The van der Waals surface area contributed by atoms with Crippen molar-refractivity contribution in [2.75, 3.05) is 13.1 Å². The van der Waals surface area contributed by atoms with Crippen molar-refractivity contribution in [1.82, 2.24) is 29.8 Å². The Labute approximate surface area is 196 Å². The second-order valence-electron chi connectivity index (χ2n) is 8.82. The molecule has 4 rings (SSSR count). The van der Waals surface area contributed by atoms with E-state index in [9.17, 15) is 18.0 Å². The highest BCUT2D eigenvalue weighted by atomic mass is 19.4. The van der Waals surface area contributed by atoms with Crippen LogP contribution in [-0.4, -0.2) is 49.5 Å². The number of rotatable bonds is 7. The summed E-state index contributed by atoms with van der Waals surface area (Å²) in [6.45, 7) is 5.85. The number of hydrogen-bond donors (Lipinski definition) is 1. The number of halogens is 3. The molecule has 1 saturated heterocycles. The van der Waals surface area contributed by atoms with Gasteiger partial charge in [0, 0.05) is 36.9 Å². The van der Waals surface area contributed by atoms with E-state index in [4.69, 9.17) is 0 Å². The number of hydrogen-bond acceptors (Lipinski definition) is 5. The summed E-state index contributed by atoms with van der Waals surface area (Å²) in [5.74, 6) is -1.39. The van der Waals surface area contributed by atoms with Gasteiger partial charge in [-0.1, -0.05) is 36.8 Å². The van der Waals surface area contributed by atoms with E-state index in [1.165, 1.54) is 5.56 Å². The van der Waals surface area contributed by atoms with E-state index in [0.717, 1.165) is 36.9 Å². The largest absolute Gasteiger partial charge is 0.453 e. The summed E-state index contributed by atoms with van der Waals surface area (Å²) in [6.07, 6.45) is -0.703. The highest BCUT2D eigenvalue weighted by molar-refractivity contribution is 5.76. The molecule has 1 atom stereocenters.